The Hall–Kier alpha value is -3.15. The molecular formula is C20H21N5O. The largest absolute Gasteiger partial charge is 0.349 e. The molecule has 26 heavy (non-hydrogen) atoms. The molecule has 0 fully saturated rings. The van der Waals surface area contributed by atoms with Crippen molar-refractivity contribution in [3.8, 4) is 11.5 Å². The zero-order valence-electron chi connectivity index (χ0n) is 14.8. The summed E-state index contributed by atoms with van der Waals surface area (Å²) in [4.78, 5) is 20.5. The molecule has 0 aliphatic heterocycles. The molecule has 2 aromatic carbocycles. The molecule has 4 aromatic rings. The van der Waals surface area contributed by atoms with Crippen LogP contribution in [-0.2, 0) is 0 Å². The van der Waals surface area contributed by atoms with Crippen LogP contribution in [0.3, 0.4) is 0 Å². The van der Waals surface area contributed by atoms with Gasteiger partial charge in [0.25, 0.3) is 5.91 Å². The fourth-order valence-electron chi connectivity index (χ4n) is 3.16. The maximum absolute atomic E-state index is 12.6. The molecule has 2 heterocycles. The molecule has 0 radical (unpaired) electrons. The topological polar surface area (TPSA) is 86.5 Å². The number of amides is 1. The van der Waals surface area contributed by atoms with Gasteiger partial charge in [0.2, 0.25) is 0 Å². The Morgan fingerprint density at radius 2 is 1.92 bits per heavy atom. The third kappa shape index (κ3) is 2.83. The second kappa shape index (κ2) is 6.63. The van der Waals surface area contributed by atoms with E-state index in [1.165, 1.54) is 0 Å². The summed E-state index contributed by atoms with van der Waals surface area (Å²) in [5, 5.41) is 11.4. The van der Waals surface area contributed by atoms with Crippen molar-refractivity contribution in [1.29, 1.82) is 0 Å². The van der Waals surface area contributed by atoms with Crippen LogP contribution in [0.1, 0.15) is 37.0 Å². The van der Waals surface area contributed by atoms with Gasteiger partial charge in [-0.05, 0) is 43.2 Å². The van der Waals surface area contributed by atoms with Gasteiger partial charge in [-0.15, -0.1) is 0 Å². The normalized spacial score (nSPS) is 11.5. The molecule has 6 heteroatoms. The number of H-pyrrole nitrogens is 2. The highest BCUT2D eigenvalue weighted by molar-refractivity contribution is 6.01. The number of carbonyl (C=O) groups is 1. The molecule has 4 rings (SSSR count). The molecule has 0 aliphatic carbocycles. The first-order chi connectivity index (χ1) is 12.7. The Labute approximate surface area is 151 Å². The summed E-state index contributed by atoms with van der Waals surface area (Å²) in [6.07, 6.45) is 1.83. The molecule has 0 atom stereocenters. The first-order valence-corrected chi connectivity index (χ1v) is 8.93. The van der Waals surface area contributed by atoms with Crippen LogP contribution in [0.2, 0.25) is 0 Å². The van der Waals surface area contributed by atoms with Gasteiger partial charge >= 0.3 is 0 Å². The molecule has 0 saturated carbocycles. The third-order valence-corrected chi connectivity index (χ3v) is 4.76. The Balaban J connectivity index is 1.74. The summed E-state index contributed by atoms with van der Waals surface area (Å²) in [5.41, 5.74) is 4.07. The fraction of sp³-hybridized carbons (Fsp3) is 0.250. The summed E-state index contributed by atoms with van der Waals surface area (Å²) in [6.45, 7) is 4.15. The Bertz CT molecular complexity index is 1040. The van der Waals surface area contributed by atoms with Gasteiger partial charge in [0.15, 0.2) is 5.82 Å². The molecule has 0 bridgehead atoms. The van der Waals surface area contributed by atoms with Gasteiger partial charge in [-0.1, -0.05) is 26.0 Å². The number of benzene rings is 2. The van der Waals surface area contributed by atoms with Crippen LogP contribution in [0.25, 0.3) is 33.5 Å². The first-order valence-electron chi connectivity index (χ1n) is 8.93. The molecule has 0 spiro atoms. The van der Waals surface area contributed by atoms with Crippen LogP contribution < -0.4 is 5.32 Å². The molecule has 1 amide bonds. The lowest BCUT2D eigenvalue weighted by atomic mass is 10.1. The number of aromatic nitrogens is 4. The number of hydrogen-bond donors (Lipinski definition) is 3. The second-order valence-electron chi connectivity index (χ2n) is 6.42. The van der Waals surface area contributed by atoms with Crippen LogP contribution in [0, 0.1) is 0 Å². The average Bonchev–Trinajstić information content (AvgIpc) is 3.28. The zero-order valence-corrected chi connectivity index (χ0v) is 14.8. The monoisotopic (exact) mass is 347 g/mol. The van der Waals surface area contributed by atoms with Crippen molar-refractivity contribution in [3.05, 3.63) is 48.0 Å². The maximum Gasteiger partial charge on any atom is 0.251 e. The van der Waals surface area contributed by atoms with Gasteiger partial charge in [0.1, 0.15) is 5.69 Å². The van der Waals surface area contributed by atoms with Crippen molar-refractivity contribution in [3.63, 3.8) is 0 Å². The standard InChI is InChI=1S/C20H21N5O/c1-3-13(4-2)21-20(26)12-9-10-15-14(11-12)18(25-24-15)19-22-16-7-5-6-8-17(16)23-19/h5-11,13H,3-4H2,1-2H3,(H,21,26)(H,22,23)(H,24,25). The zero-order chi connectivity index (χ0) is 18.1. The first kappa shape index (κ1) is 16.3. The number of para-hydroxylation sites is 2. The molecule has 0 saturated heterocycles. The van der Waals surface area contributed by atoms with E-state index in [-0.39, 0.29) is 11.9 Å². The lowest BCUT2D eigenvalue weighted by Crippen LogP contribution is -2.33. The summed E-state index contributed by atoms with van der Waals surface area (Å²) in [6, 6.07) is 13.6. The van der Waals surface area contributed by atoms with Crippen molar-refractivity contribution in [2.45, 2.75) is 32.7 Å². The van der Waals surface area contributed by atoms with Gasteiger partial charge < -0.3 is 10.3 Å². The number of nitrogens with zero attached hydrogens (tertiary/aromatic N) is 2. The second-order valence-corrected chi connectivity index (χ2v) is 6.42. The number of hydrogen-bond acceptors (Lipinski definition) is 3. The van der Waals surface area contributed by atoms with Gasteiger partial charge in [0, 0.05) is 17.0 Å². The predicted molar refractivity (Wildman–Crippen MR) is 103 cm³/mol. The molecular weight excluding hydrogens is 326 g/mol. The number of carbonyl (C=O) groups excluding carboxylic acids is 1. The summed E-state index contributed by atoms with van der Waals surface area (Å²) in [7, 11) is 0. The summed E-state index contributed by atoms with van der Waals surface area (Å²) >= 11 is 0. The van der Waals surface area contributed by atoms with E-state index >= 15 is 0 Å². The number of rotatable bonds is 5. The van der Waals surface area contributed by atoms with Crippen molar-refractivity contribution in [1.82, 2.24) is 25.5 Å². The fourth-order valence-corrected chi connectivity index (χ4v) is 3.16. The number of nitrogens with one attached hydrogen (secondary N) is 3. The highest BCUT2D eigenvalue weighted by Gasteiger charge is 2.16. The summed E-state index contributed by atoms with van der Waals surface area (Å²) < 4.78 is 0. The highest BCUT2D eigenvalue weighted by atomic mass is 16.1. The Morgan fingerprint density at radius 3 is 2.69 bits per heavy atom. The molecule has 132 valence electrons. The van der Waals surface area contributed by atoms with E-state index in [4.69, 9.17) is 0 Å². The van der Waals surface area contributed by atoms with Crippen LogP contribution in [0.5, 0.6) is 0 Å². The Kier molecular flexibility index (Phi) is 4.16. The predicted octanol–water partition coefficient (Wildman–Crippen LogP) is 4.02. The minimum atomic E-state index is -0.0580. The van der Waals surface area contributed by atoms with Crippen molar-refractivity contribution in [2.75, 3.05) is 0 Å². The number of aromatic amines is 2. The van der Waals surface area contributed by atoms with Crippen LogP contribution in [0.15, 0.2) is 42.5 Å². The third-order valence-electron chi connectivity index (χ3n) is 4.76. The van der Waals surface area contributed by atoms with Gasteiger partial charge in [-0.25, -0.2) is 4.98 Å². The smallest absolute Gasteiger partial charge is 0.251 e. The molecule has 3 N–H and O–H groups in total. The maximum atomic E-state index is 12.6. The summed E-state index contributed by atoms with van der Waals surface area (Å²) in [5.74, 6) is 0.632. The van der Waals surface area contributed by atoms with Crippen molar-refractivity contribution in [2.24, 2.45) is 0 Å². The highest BCUT2D eigenvalue weighted by Crippen LogP contribution is 2.27. The Morgan fingerprint density at radius 1 is 1.12 bits per heavy atom. The molecule has 0 unspecified atom stereocenters. The van der Waals surface area contributed by atoms with Crippen LogP contribution in [0.4, 0.5) is 0 Å². The van der Waals surface area contributed by atoms with E-state index in [2.05, 4.69) is 39.3 Å². The van der Waals surface area contributed by atoms with E-state index in [0.29, 0.717) is 17.1 Å². The molecule has 0 aliphatic rings. The van der Waals surface area contributed by atoms with E-state index < -0.39 is 0 Å². The van der Waals surface area contributed by atoms with E-state index in [1.54, 1.807) is 0 Å². The lowest BCUT2D eigenvalue weighted by Gasteiger charge is -2.14. The minimum absolute atomic E-state index is 0.0580. The van der Waals surface area contributed by atoms with E-state index in [0.717, 1.165) is 34.8 Å². The SMILES string of the molecule is CCC(CC)NC(=O)c1ccc2[nH]nc(-c3nc4ccccc4[nH]3)c2c1. The van der Waals surface area contributed by atoms with Gasteiger partial charge in [-0.2, -0.15) is 5.10 Å². The number of fused-ring (bicyclic) bond motifs is 2. The van der Waals surface area contributed by atoms with E-state index in [1.807, 2.05) is 42.5 Å². The van der Waals surface area contributed by atoms with Crippen LogP contribution >= 0.6 is 0 Å². The van der Waals surface area contributed by atoms with Gasteiger partial charge in [0.05, 0.1) is 16.6 Å². The van der Waals surface area contributed by atoms with Gasteiger partial charge in [-0.3, -0.25) is 9.89 Å². The molecule has 6 nitrogen and oxygen atoms in total. The molecule has 2 aromatic heterocycles. The van der Waals surface area contributed by atoms with E-state index in [9.17, 15) is 4.79 Å². The average molecular weight is 347 g/mol. The van der Waals surface area contributed by atoms with Crippen molar-refractivity contribution < 1.29 is 4.79 Å². The van der Waals surface area contributed by atoms with Crippen molar-refractivity contribution >= 4 is 27.8 Å². The van der Waals surface area contributed by atoms with Crippen LogP contribution in [-0.4, -0.2) is 32.1 Å². The number of imidazole rings is 1. The quantitative estimate of drug-likeness (QED) is 0.509. The minimum Gasteiger partial charge on any atom is -0.349 e. The lowest BCUT2D eigenvalue weighted by molar-refractivity contribution is 0.0935.